The lowest BCUT2D eigenvalue weighted by Crippen LogP contribution is -2.31. The van der Waals surface area contributed by atoms with E-state index in [0.29, 0.717) is 11.3 Å². The zero-order valence-corrected chi connectivity index (χ0v) is 16.8. The molecule has 0 heterocycles. The van der Waals surface area contributed by atoms with E-state index in [4.69, 9.17) is 4.74 Å². The van der Waals surface area contributed by atoms with Gasteiger partial charge < -0.3 is 15.4 Å². The summed E-state index contributed by atoms with van der Waals surface area (Å²) in [6, 6.07) is 12.3. The van der Waals surface area contributed by atoms with Gasteiger partial charge in [0.2, 0.25) is 5.91 Å². The van der Waals surface area contributed by atoms with Crippen LogP contribution in [0.2, 0.25) is 0 Å². The third-order valence-corrected chi connectivity index (χ3v) is 4.25. The van der Waals surface area contributed by atoms with E-state index in [2.05, 4.69) is 26.6 Å². The summed E-state index contributed by atoms with van der Waals surface area (Å²) in [5.74, 6) is -0.154. The predicted octanol–water partition coefficient (Wildman–Crippen LogP) is 3.48. The maximum atomic E-state index is 12.0. The highest BCUT2D eigenvalue weighted by Crippen LogP contribution is 2.20. The van der Waals surface area contributed by atoms with Gasteiger partial charge in [0.05, 0.1) is 0 Å². The number of ketones is 1. The van der Waals surface area contributed by atoms with Crippen LogP contribution in [-0.4, -0.2) is 30.7 Å². The number of benzene rings is 2. The molecule has 0 aromatic heterocycles. The Labute approximate surface area is 166 Å². The monoisotopic (exact) mass is 432 g/mol. The molecular weight excluding hydrogens is 412 g/mol. The van der Waals surface area contributed by atoms with E-state index in [1.165, 1.54) is 6.92 Å². The number of Topliss-reactive ketones (excluding diaryl/α,β-unsaturated/α-hetero) is 1. The zero-order chi connectivity index (χ0) is 19.8. The summed E-state index contributed by atoms with van der Waals surface area (Å²) in [6.07, 6.45) is 0.150. The molecule has 0 radical (unpaired) electrons. The van der Waals surface area contributed by atoms with Crippen molar-refractivity contribution in [3.05, 3.63) is 58.1 Å². The first kappa shape index (κ1) is 20.6. The van der Waals surface area contributed by atoms with Crippen LogP contribution in [-0.2, 0) is 9.59 Å². The summed E-state index contributed by atoms with van der Waals surface area (Å²) in [5, 5.41) is 5.45. The first-order chi connectivity index (χ1) is 12.8. The molecule has 6 nitrogen and oxygen atoms in total. The summed E-state index contributed by atoms with van der Waals surface area (Å²) in [6.45, 7) is 3.39. The number of carbonyl (C=O) groups excluding carboxylic acids is 3. The quantitative estimate of drug-likeness (QED) is 0.625. The van der Waals surface area contributed by atoms with Gasteiger partial charge in [-0.25, -0.2) is 0 Å². The number of ether oxygens (including phenoxy) is 1. The Morgan fingerprint density at radius 3 is 2.59 bits per heavy atom. The zero-order valence-electron chi connectivity index (χ0n) is 15.2. The molecule has 0 aliphatic rings. The lowest BCUT2D eigenvalue weighted by atomic mass is 10.1. The van der Waals surface area contributed by atoms with Crippen molar-refractivity contribution < 1.29 is 19.1 Å². The fourth-order valence-electron chi connectivity index (χ4n) is 2.26. The third kappa shape index (κ3) is 6.86. The van der Waals surface area contributed by atoms with E-state index in [1.54, 1.807) is 24.3 Å². The minimum Gasteiger partial charge on any atom is -0.484 e. The maximum absolute atomic E-state index is 12.0. The minimum absolute atomic E-state index is 0.0726. The van der Waals surface area contributed by atoms with E-state index in [-0.39, 0.29) is 37.2 Å². The third-order valence-electron chi connectivity index (χ3n) is 3.76. The lowest BCUT2D eigenvalue weighted by Gasteiger charge is -2.10. The van der Waals surface area contributed by atoms with Crippen LogP contribution in [0.1, 0.15) is 29.3 Å². The van der Waals surface area contributed by atoms with E-state index in [9.17, 15) is 14.4 Å². The molecular formula is C20H21BrN2O4. The molecule has 7 heteroatoms. The highest BCUT2D eigenvalue weighted by Gasteiger charge is 2.08. The Balaban J connectivity index is 1.72. The van der Waals surface area contributed by atoms with Gasteiger partial charge in [0.15, 0.2) is 12.4 Å². The van der Waals surface area contributed by atoms with E-state index in [1.807, 2.05) is 25.1 Å². The predicted molar refractivity (Wildman–Crippen MR) is 107 cm³/mol. The van der Waals surface area contributed by atoms with Gasteiger partial charge in [0.1, 0.15) is 5.75 Å². The number of aryl methyl sites for hydroxylation is 1. The number of carbonyl (C=O) groups is 3. The van der Waals surface area contributed by atoms with Crippen molar-refractivity contribution in [1.29, 1.82) is 0 Å². The summed E-state index contributed by atoms with van der Waals surface area (Å²) < 4.78 is 6.25. The van der Waals surface area contributed by atoms with Gasteiger partial charge in [-0.05, 0) is 43.7 Å². The van der Waals surface area contributed by atoms with Crippen molar-refractivity contribution in [2.24, 2.45) is 0 Å². The number of amides is 2. The van der Waals surface area contributed by atoms with Gasteiger partial charge >= 0.3 is 0 Å². The SMILES string of the molecule is CC(=O)c1cccc(OCC(=O)NCCC(=O)Nc2cc(Br)ccc2C)c1. The Morgan fingerprint density at radius 2 is 1.85 bits per heavy atom. The molecule has 0 bridgehead atoms. The van der Waals surface area contributed by atoms with Gasteiger partial charge in [0, 0.05) is 28.7 Å². The summed E-state index contributed by atoms with van der Waals surface area (Å²) in [7, 11) is 0. The molecule has 0 unspecified atom stereocenters. The molecule has 2 rings (SSSR count). The van der Waals surface area contributed by atoms with E-state index in [0.717, 1.165) is 15.7 Å². The number of halogens is 1. The van der Waals surface area contributed by atoms with E-state index < -0.39 is 0 Å². The van der Waals surface area contributed by atoms with Crippen molar-refractivity contribution in [3.63, 3.8) is 0 Å². The van der Waals surface area contributed by atoms with Crippen molar-refractivity contribution in [2.75, 3.05) is 18.5 Å². The number of rotatable bonds is 8. The molecule has 0 atom stereocenters. The minimum atomic E-state index is -0.338. The normalized spacial score (nSPS) is 10.2. The van der Waals surface area contributed by atoms with Crippen molar-refractivity contribution in [3.8, 4) is 5.75 Å². The van der Waals surface area contributed by atoms with Gasteiger partial charge in [0.25, 0.3) is 5.91 Å². The van der Waals surface area contributed by atoms with Crippen LogP contribution >= 0.6 is 15.9 Å². The maximum Gasteiger partial charge on any atom is 0.257 e. The molecule has 0 aliphatic heterocycles. The number of nitrogens with one attached hydrogen (secondary N) is 2. The molecule has 2 N–H and O–H groups in total. The highest BCUT2D eigenvalue weighted by molar-refractivity contribution is 9.10. The van der Waals surface area contributed by atoms with Gasteiger partial charge in [-0.3, -0.25) is 14.4 Å². The molecule has 0 spiro atoms. The molecule has 0 saturated carbocycles. The average Bonchev–Trinajstić information content (AvgIpc) is 2.63. The molecule has 27 heavy (non-hydrogen) atoms. The highest BCUT2D eigenvalue weighted by atomic mass is 79.9. The molecule has 0 saturated heterocycles. The molecule has 2 aromatic carbocycles. The van der Waals surface area contributed by atoms with Crippen LogP contribution < -0.4 is 15.4 Å². The second-order valence-corrected chi connectivity index (χ2v) is 6.90. The molecule has 2 aromatic rings. The van der Waals surface area contributed by atoms with Gasteiger partial charge in [-0.15, -0.1) is 0 Å². The van der Waals surface area contributed by atoms with Crippen LogP contribution in [0.5, 0.6) is 5.75 Å². The van der Waals surface area contributed by atoms with Crippen molar-refractivity contribution in [1.82, 2.24) is 5.32 Å². The van der Waals surface area contributed by atoms with Crippen LogP contribution in [0.15, 0.2) is 46.9 Å². The molecule has 142 valence electrons. The first-order valence-corrected chi connectivity index (χ1v) is 9.21. The lowest BCUT2D eigenvalue weighted by molar-refractivity contribution is -0.123. The standard InChI is InChI=1S/C20H21BrN2O4/c1-13-6-7-16(21)11-18(13)23-19(25)8-9-22-20(26)12-27-17-5-3-4-15(10-17)14(2)24/h3-7,10-11H,8-9,12H2,1-2H3,(H,22,26)(H,23,25). The fourth-order valence-corrected chi connectivity index (χ4v) is 2.62. The van der Waals surface area contributed by atoms with E-state index >= 15 is 0 Å². The number of hydrogen-bond donors (Lipinski definition) is 2. The van der Waals surface area contributed by atoms with Crippen molar-refractivity contribution in [2.45, 2.75) is 20.3 Å². The summed E-state index contributed by atoms with van der Waals surface area (Å²) in [4.78, 5) is 35.2. The van der Waals surface area contributed by atoms with Crippen LogP contribution in [0.3, 0.4) is 0 Å². The Bertz CT molecular complexity index is 852. The average molecular weight is 433 g/mol. The number of anilines is 1. The Kier molecular flexibility index (Phi) is 7.55. The first-order valence-electron chi connectivity index (χ1n) is 8.41. The summed E-state index contributed by atoms with van der Waals surface area (Å²) >= 11 is 3.37. The van der Waals surface area contributed by atoms with Gasteiger partial charge in [-0.1, -0.05) is 34.1 Å². The van der Waals surface area contributed by atoms with Crippen LogP contribution in [0.25, 0.3) is 0 Å². The molecule has 2 amide bonds. The topological polar surface area (TPSA) is 84.5 Å². The largest absolute Gasteiger partial charge is 0.484 e. The molecule has 0 fully saturated rings. The number of hydrogen-bond acceptors (Lipinski definition) is 4. The van der Waals surface area contributed by atoms with Gasteiger partial charge in [-0.2, -0.15) is 0 Å². The van der Waals surface area contributed by atoms with Crippen LogP contribution in [0, 0.1) is 6.92 Å². The molecule has 0 aliphatic carbocycles. The second kappa shape index (κ2) is 9.87. The fraction of sp³-hybridized carbons (Fsp3) is 0.250. The Morgan fingerprint density at radius 1 is 1.07 bits per heavy atom. The smallest absolute Gasteiger partial charge is 0.257 e. The van der Waals surface area contributed by atoms with Crippen molar-refractivity contribution >= 4 is 39.2 Å². The Hall–Kier alpha value is -2.67. The second-order valence-electron chi connectivity index (χ2n) is 5.98. The van der Waals surface area contributed by atoms with Crippen LogP contribution in [0.4, 0.5) is 5.69 Å². The summed E-state index contributed by atoms with van der Waals surface area (Å²) in [5.41, 5.74) is 2.21.